The summed E-state index contributed by atoms with van der Waals surface area (Å²) in [6.07, 6.45) is 10.0. The Kier molecular flexibility index (Phi) is 6.59. The number of nitrogens with one attached hydrogen (secondary N) is 2. The van der Waals surface area contributed by atoms with Gasteiger partial charge >= 0.3 is 0 Å². The third kappa shape index (κ3) is 4.82. The third-order valence-electron chi connectivity index (χ3n) is 7.19. The summed E-state index contributed by atoms with van der Waals surface area (Å²) in [7, 11) is 2.16. The average molecular weight is 456 g/mol. The van der Waals surface area contributed by atoms with Crippen molar-refractivity contribution in [3.05, 3.63) is 65.7 Å². The molecule has 1 aliphatic carbocycles. The number of anilines is 1. The zero-order chi connectivity index (χ0) is 23.5. The third-order valence-corrected chi connectivity index (χ3v) is 7.19. The highest BCUT2D eigenvalue weighted by atomic mass is 16.1. The monoisotopic (exact) mass is 455 g/mol. The van der Waals surface area contributed by atoms with Gasteiger partial charge in [0.2, 0.25) is 5.91 Å². The fourth-order valence-corrected chi connectivity index (χ4v) is 5.27. The number of rotatable bonds is 7. The Hall–Kier alpha value is -3.25. The van der Waals surface area contributed by atoms with Crippen LogP contribution in [0.4, 0.5) is 5.69 Å². The van der Waals surface area contributed by atoms with Crippen LogP contribution in [0, 0.1) is 12.8 Å². The Morgan fingerprint density at radius 2 is 2.00 bits per heavy atom. The van der Waals surface area contributed by atoms with E-state index in [1.54, 1.807) is 6.33 Å². The number of hydrogen-bond donors (Lipinski definition) is 2. The fraction of sp³-hybridized carbons (Fsp3) is 0.393. The SMILES string of the molecule is Cc1[nH]c2ccc(NC(=O)C3CCCCC3)cc2c1CCN(C)Cc1cccc2ncncc12. The number of hydrogen-bond acceptors (Lipinski definition) is 4. The number of benzene rings is 2. The molecule has 0 bridgehead atoms. The summed E-state index contributed by atoms with van der Waals surface area (Å²) >= 11 is 0. The van der Waals surface area contributed by atoms with Crippen molar-refractivity contribution in [2.24, 2.45) is 5.92 Å². The molecule has 0 saturated heterocycles. The van der Waals surface area contributed by atoms with Gasteiger partial charge in [-0.2, -0.15) is 0 Å². The molecule has 0 unspecified atom stereocenters. The van der Waals surface area contributed by atoms with E-state index in [4.69, 9.17) is 0 Å². The van der Waals surface area contributed by atoms with E-state index in [1.807, 2.05) is 18.3 Å². The van der Waals surface area contributed by atoms with Crippen LogP contribution in [0.1, 0.15) is 48.9 Å². The first kappa shape index (κ1) is 22.5. The lowest BCUT2D eigenvalue weighted by Crippen LogP contribution is -2.24. The first-order chi connectivity index (χ1) is 16.6. The molecule has 2 aromatic heterocycles. The van der Waals surface area contributed by atoms with Crippen molar-refractivity contribution in [3.63, 3.8) is 0 Å². The minimum absolute atomic E-state index is 0.157. The van der Waals surface area contributed by atoms with Crippen molar-refractivity contribution in [2.45, 2.75) is 52.0 Å². The summed E-state index contributed by atoms with van der Waals surface area (Å²) in [5, 5.41) is 5.49. The van der Waals surface area contributed by atoms with Crippen molar-refractivity contribution in [2.75, 3.05) is 18.9 Å². The fourth-order valence-electron chi connectivity index (χ4n) is 5.27. The van der Waals surface area contributed by atoms with Crippen molar-refractivity contribution >= 4 is 33.4 Å². The second-order valence-corrected chi connectivity index (χ2v) is 9.67. The number of H-pyrrole nitrogens is 1. The average Bonchev–Trinajstić information content (AvgIpc) is 3.17. The smallest absolute Gasteiger partial charge is 0.227 e. The van der Waals surface area contributed by atoms with E-state index in [9.17, 15) is 4.79 Å². The molecule has 1 amide bonds. The van der Waals surface area contributed by atoms with Crippen LogP contribution in [0.25, 0.3) is 21.8 Å². The predicted molar refractivity (Wildman–Crippen MR) is 138 cm³/mol. The summed E-state index contributed by atoms with van der Waals surface area (Å²) in [6, 6.07) is 12.5. The number of aryl methyl sites for hydroxylation is 1. The van der Waals surface area contributed by atoms with E-state index in [0.29, 0.717) is 0 Å². The zero-order valence-electron chi connectivity index (χ0n) is 20.1. The molecular weight excluding hydrogens is 422 g/mol. The molecule has 2 N–H and O–H groups in total. The van der Waals surface area contributed by atoms with Crippen LogP contribution in [0.5, 0.6) is 0 Å². The molecule has 176 valence electrons. The summed E-state index contributed by atoms with van der Waals surface area (Å²) in [5.41, 5.74) is 6.75. The van der Waals surface area contributed by atoms with Crippen molar-refractivity contribution in [3.8, 4) is 0 Å². The number of amides is 1. The summed E-state index contributed by atoms with van der Waals surface area (Å²) in [4.78, 5) is 27.2. The van der Waals surface area contributed by atoms with Gasteiger partial charge in [-0.05, 0) is 68.6 Å². The molecule has 0 atom stereocenters. The normalized spacial score (nSPS) is 14.8. The number of aromatic amines is 1. The van der Waals surface area contributed by atoms with Crippen molar-refractivity contribution in [1.29, 1.82) is 0 Å². The maximum atomic E-state index is 12.7. The molecule has 4 aromatic rings. The predicted octanol–water partition coefficient (Wildman–Crippen LogP) is 5.61. The second-order valence-electron chi connectivity index (χ2n) is 9.67. The van der Waals surface area contributed by atoms with E-state index in [1.165, 1.54) is 28.6 Å². The van der Waals surface area contributed by atoms with Crippen LogP contribution in [0.3, 0.4) is 0 Å². The highest BCUT2D eigenvalue weighted by molar-refractivity contribution is 5.96. The summed E-state index contributed by atoms with van der Waals surface area (Å²) in [5.74, 6) is 0.330. The van der Waals surface area contributed by atoms with Gasteiger partial charge in [-0.25, -0.2) is 9.97 Å². The first-order valence-corrected chi connectivity index (χ1v) is 12.4. The second kappa shape index (κ2) is 9.94. The van der Waals surface area contributed by atoms with Crippen molar-refractivity contribution in [1.82, 2.24) is 19.9 Å². The standard InChI is InChI=1S/C28H33N5O/c1-19-23(13-14-33(2)17-21-9-6-10-26-25(21)16-29-18-30-26)24-15-22(11-12-27(24)31-19)32-28(34)20-7-4-3-5-8-20/h6,9-12,15-16,18,20,31H,3-5,7-8,13-14,17H2,1-2H3,(H,32,34). The Morgan fingerprint density at radius 3 is 2.85 bits per heavy atom. The molecule has 2 heterocycles. The quantitative estimate of drug-likeness (QED) is 0.380. The molecule has 34 heavy (non-hydrogen) atoms. The Morgan fingerprint density at radius 1 is 1.15 bits per heavy atom. The molecule has 0 radical (unpaired) electrons. The van der Waals surface area contributed by atoms with Gasteiger partial charge < -0.3 is 15.2 Å². The molecule has 2 aromatic carbocycles. The van der Waals surface area contributed by atoms with Gasteiger partial charge in [-0.3, -0.25) is 4.79 Å². The largest absolute Gasteiger partial charge is 0.358 e. The van der Waals surface area contributed by atoms with Crippen molar-refractivity contribution < 1.29 is 4.79 Å². The van der Waals surface area contributed by atoms with E-state index < -0.39 is 0 Å². The topological polar surface area (TPSA) is 73.9 Å². The molecule has 0 aliphatic heterocycles. The summed E-state index contributed by atoms with van der Waals surface area (Å²) in [6.45, 7) is 3.91. The van der Waals surface area contributed by atoms with E-state index in [2.05, 4.69) is 63.4 Å². The minimum atomic E-state index is 0.157. The Bertz CT molecular complexity index is 1300. The van der Waals surface area contributed by atoms with Gasteiger partial charge in [0.1, 0.15) is 6.33 Å². The van der Waals surface area contributed by atoms with Crippen LogP contribution in [0.15, 0.2) is 48.9 Å². The Labute approximate surface area is 200 Å². The maximum Gasteiger partial charge on any atom is 0.227 e. The first-order valence-electron chi connectivity index (χ1n) is 12.4. The number of likely N-dealkylation sites (N-methyl/N-ethyl adjacent to an activating group) is 1. The molecule has 1 saturated carbocycles. The highest BCUT2D eigenvalue weighted by Crippen LogP contribution is 2.28. The number of nitrogens with zero attached hydrogens (tertiary/aromatic N) is 3. The number of carbonyl (C=O) groups excluding carboxylic acids is 1. The Balaban J connectivity index is 1.28. The van der Waals surface area contributed by atoms with E-state index in [0.717, 1.165) is 67.3 Å². The molecule has 5 rings (SSSR count). The number of aromatic nitrogens is 3. The maximum absolute atomic E-state index is 12.7. The molecule has 6 nitrogen and oxygen atoms in total. The van der Waals surface area contributed by atoms with Gasteiger partial charge in [-0.15, -0.1) is 0 Å². The van der Waals surface area contributed by atoms with Gasteiger partial charge in [0.25, 0.3) is 0 Å². The van der Waals surface area contributed by atoms with Crippen LogP contribution in [0.2, 0.25) is 0 Å². The minimum Gasteiger partial charge on any atom is -0.358 e. The molecule has 1 aliphatic rings. The number of carbonyl (C=O) groups is 1. The van der Waals surface area contributed by atoms with Crippen LogP contribution in [-0.4, -0.2) is 39.4 Å². The number of fused-ring (bicyclic) bond motifs is 2. The molecule has 1 fully saturated rings. The molecule has 6 heteroatoms. The van der Waals surface area contributed by atoms with Crippen LogP contribution >= 0.6 is 0 Å². The van der Waals surface area contributed by atoms with Crippen LogP contribution < -0.4 is 5.32 Å². The zero-order valence-corrected chi connectivity index (χ0v) is 20.1. The summed E-state index contributed by atoms with van der Waals surface area (Å²) < 4.78 is 0. The lowest BCUT2D eigenvalue weighted by molar-refractivity contribution is -0.120. The lowest BCUT2D eigenvalue weighted by Gasteiger charge is -2.20. The van der Waals surface area contributed by atoms with Gasteiger partial charge in [0, 0.05) is 52.9 Å². The molecule has 0 spiro atoms. The molecular formula is C28H33N5O. The highest BCUT2D eigenvalue weighted by Gasteiger charge is 2.21. The van der Waals surface area contributed by atoms with E-state index in [-0.39, 0.29) is 11.8 Å². The lowest BCUT2D eigenvalue weighted by atomic mass is 9.88. The van der Waals surface area contributed by atoms with Gasteiger partial charge in [0.05, 0.1) is 5.52 Å². The van der Waals surface area contributed by atoms with Gasteiger partial charge in [-0.1, -0.05) is 31.4 Å². The van der Waals surface area contributed by atoms with Crippen LogP contribution in [-0.2, 0) is 17.8 Å². The van der Waals surface area contributed by atoms with Gasteiger partial charge in [0.15, 0.2) is 0 Å². The van der Waals surface area contributed by atoms with E-state index >= 15 is 0 Å².